The topological polar surface area (TPSA) is 57.5 Å². The summed E-state index contributed by atoms with van der Waals surface area (Å²) in [6.45, 7) is 0. The molecule has 0 fully saturated rings. The minimum absolute atomic E-state index is 0.0400. The maximum Gasteiger partial charge on any atom is 0.150 e. The van der Waals surface area contributed by atoms with E-state index >= 15 is 0 Å². The summed E-state index contributed by atoms with van der Waals surface area (Å²) in [5.41, 5.74) is 0.172. The Morgan fingerprint density at radius 3 is 2.67 bits per heavy atom. The first-order valence-electron chi connectivity index (χ1n) is 4.27. The number of carbonyl (C=O) groups is 1. The first-order valence-corrected chi connectivity index (χ1v) is 4.80. The summed E-state index contributed by atoms with van der Waals surface area (Å²) in [4.78, 5) is 10.6. The van der Waals surface area contributed by atoms with E-state index < -0.39 is 18.0 Å². The fourth-order valence-electron chi connectivity index (χ4n) is 1.20. The molecule has 0 spiro atoms. The van der Waals surface area contributed by atoms with Gasteiger partial charge in [0.1, 0.15) is 18.2 Å². The molecular weight excluding hydrogens is 223 g/mol. The Morgan fingerprint density at radius 2 is 2.13 bits per heavy atom. The highest BCUT2D eigenvalue weighted by atomic mass is 35.5. The van der Waals surface area contributed by atoms with Crippen LogP contribution in [0.1, 0.15) is 22.0 Å². The molecule has 82 valence electrons. The highest BCUT2D eigenvalue weighted by molar-refractivity contribution is 6.18. The van der Waals surface area contributed by atoms with Gasteiger partial charge in [0.2, 0.25) is 0 Å². The van der Waals surface area contributed by atoms with Crippen molar-refractivity contribution in [3.05, 3.63) is 35.1 Å². The third-order valence-electron chi connectivity index (χ3n) is 2.02. The molecule has 2 unspecified atom stereocenters. The SMILES string of the molecule is O=Cc1ccc(F)cc1C(O)C(O)CCl. The van der Waals surface area contributed by atoms with Crippen LogP contribution in [-0.4, -0.2) is 28.5 Å². The van der Waals surface area contributed by atoms with E-state index in [0.29, 0.717) is 6.29 Å². The molecule has 5 heteroatoms. The third-order valence-corrected chi connectivity index (χ3v) is 2.33. The molecule has 1 aromatic carbocycles. The molecule has 2 atom stereocenters. The number of alkyl halides is 1. The van der Waals surface area contributed by atoms with Crippen LogP contribution in [0.25, 0.3) is 0 Å². The van der Waals surface area contributed by atoms with Crippen molar-refractivity contribution in [2.24, 2.45) is 0 Å². The quantitative estimate of drug-likeness (QED) is 0.607. The number of hydrogen-bond acceptors (Lipinski definition) is 3. The van der Waals surface area contributed by atoms with Crippen LogP contribution in [0.2, 0.25) is 0 Å². The second-order valence-corrected chi connectivity index (χ2v) is 3.37. The molecule has 0 aliphatic rings. The molecule has 1 rings (SSSR count). The molecule has 0 bridgehead atoms. The molecule has 2 N–H and O–H groups in total. The van der Waals surface area contributed by atoms with Crippen LogP contribution < -0.4 is 0 Å². The average Bonchev–Trinajstić information content (AvgIpc) is 2.27. The monoisotopic (exact) mass is 232 g/mol. The molecule has 3 nitrogen and oxygen atoms in total. The smallest absolute Gasteiger partial charge is 0.150 e. The van der Waals surface area contributed by atoms with Crippen molar-refractivity contribution in [2.45, 2.75) is 12.2 Å². The van der Waals surface area contributed by atoms with Gasteiger partial charge in [0.15, 0.2) is 0 Å². The summed E-state index contributed by atoms with van der Waals surface area (Å²) in [5.74, 6) is -0.785. The van der Waals surface area contributed by atoms with Crippen LogP contribution in [0.15, 0.2) is 18.2 Å². The van der Waals surface area contributed by atoms with Crippen LogP contribution >= 0.6 is 11.6 Å². The maximum atomic E-state index is 12.9. The van der Waals surface area contributed by atoms with Crippen LogP contribution in [0.5, 0.6) is 0 Å². The van der Waals surface area contributed by atoms with E-state index in [1.807, 2.05) is 0 Å². The van der Waals surface area contributed by atoms with Gasteiger partial charge in [0.05, 0.1) is 12.0 Å². The van der Waals surface area contributed by atoms with Crippen LogP contribution in [-0.2, 0) is 0 Å². The van der Waals surface area contributed by atoms with Gasteiger partial charge in [-0.25, -0.2) is 4.39 Å². The Balaban J connectivity index is 3.10. The van der Waals surface area contributed by atoms with Gasteiger partial charge in [-0.3, -0.25) is 4.79 Å². The van der Waals surface area contributed by atoms with Crippen LogP contribution in [0.4, 0.5) is 4.39 Å². The number of aliphatic hydroxyl groups excluding tert-OH is 2. The Morgan fingerprint density at radius 1 is 1.47 bits per heavy atom. The van der Waals surface area contributed by atoms with E-state index in [2.05, 4.69) is 0 Å². The summed E-state index contributed by atoms with van der Waals surface area (Å²) in [6.07, 6.45) is -2.11. The minimum Gasteiger partial charge on any atom is -0.389 e. The lowest BCUT2D eigenvalue weighted by molar-refractivity contribution is 0.0321. The zero-order valence-corrected chi connectivity index (χ0v) is 8.49. The van der Waals surface area contributed by atoms with E-state index in [9.17, 15) is 19.4 Å². The predicted octanol–water partition coefficient (Wildman–Crippen LogP) is 1.27. The van der Waals surface area contributed by atoms with E-state index in [-0.39, 0.29) is 17.0 Å². The lowest BCUT2D eigenvalue weighted by Gasteiger charge is -2.17. The van der Waals surface area contributed by atoms with E-state index in [1.54, 1.807) is 0 Å². The lowest BCUT2D eigenvalue weighted by Crippen LogP contribution is -2.21. The molecule has 0 aliphatic carbocycles. The standard InChI is InChI=1S/C10H10ClFO3/c11-4-9(14)10(15)8-3-7(12)2-1-6(8)5-13/h1-3,5,9-10,14-15H,4H2. The molecule has 0 amide bonds. The summed E-state index contributed by atoms with van der Waals surface area (Å²) >= 11 is 5.34. The number of carbonyl (C=O) groups excluding carboxylic acids is 1. The van der Waals surface area contributed by atoms with Gasteiger partial charge in [-0.1, -0.05) is 0 Å². The largest absolute Gasteiger partial charge is 0.389 e. The second-order valence-electron chi connectivity index (χ2n) is 3.06. The summed E-state index contributed by atoms with van der Waals surface area (Å²) in [5, 5.41) is 18.8. The van der Waals surface area contributed by atoms with Crippen LogP contribution in [0, 0.1) is 5.82 Å². The molecule has 0 radical (unpaired) electrons. The minimum atomic E-state index is -1.36. The third kappa shape index (κ3) is 2.75. The summed E-state index contributed by atoms with van der Waals surface area (Å²) < 4.78 is 12.9. The number of rotatable bonds is 4. The maximum absolute atomic E-state index is 12.9. The van der Waals surface area contributed by atoms with E-state index in [4.69, 9.17) is 11.6 Å². The fraction of sp³-hybridized carbons (Fsp3) is 0.300. The normalized spacial score (nSPS) is 14.7. The molecule has 15 heavy (non-hydrogen) atoms. The van der Waals surface area contributed by atoms with Crippen molar-refractivity contribution in [2.75, 3.05) is 5.88 Å². The van der Waals surface area contributed by atoms with E-state index in [1.165, 1.54) is 6.07 Å². The van der Waals surface area contributed by atoms with Gasteiger partial charge in [-0.05, 0) is 23.8 Å². The van der Waals surface area contributed by atoms with Crippen molar-refractivity contribution in [1.82, 2.24) is 0 Å². The Labute approximate surface area is 91.1 Å². The zero-order chi connectivity index (χ0) is 11.4. The van der Waals surface area contributed by atoms with Crippen molar-refractivity contribution in [1.29, 1.82) is 0 Å². The number of aldehydes is 1. The second kappa shape index (κ2) is 5.21. The Hall–Kier alpha value is -0.970. The molecule has 0 saturated heterocycles. The number of hydrogen-bond donors (Lipinski definition) is 2. The zero-order valence-electron chi connectivity index (χ0n) is 7.73. The lowest BCUT2D eigenvalue weighted by atomic mass is 10.00. The van der Waals surface area contributed by atoms with Gasteiger partial charge < -0.3 is 10.2 Å². The first kappa shape index (κ1) is 12.1. The molecule has 0 aliphatic heterocycles. The van der Waals surface area contributed by atoms with Crippen LogP contribution in [0.3, 0.4) is 0 Å². The van der Waals surface area contributed by atoms with Gasteiger partial charge in [0.25, 0.3) is 0 Å². The highest BCUT2D eigenvalue weighted by Gasteiger charge is 2.20. The van der Waals surface area contributed by atoms with Gasteiger partial charge in [-0.2, -0.15) is 0 Å². The average molecular weight is 233 g/mol. The van der Waals surface area contributed by atoms with Crippen molar-refractivity contribution in [3.63, 3.8) is 0 Å². The number of aliphatic hydroxyl groups is 2. The molecular formula is C10H10ClFO3. The molecule has 0 saturated carbocycles. The number of benzene rings is 1. The van der Waals surface area contributed by atoms with E-state index in [0.717, 1.165) is 12.1 Å². The Bertz CT molecular complexity index is 357. The molecule has 0 aromatic heterocycles. The summed E-state index contributed by atoms with van der Waals surface area (Å²) in [7, 11) is 0. The number of halogens is 2. The van der Waals surface area contributed by atoms with Gasteiger partial charge >= 0.3 is 0 Å². The predicted molar refractivity (Wildman–Crippen MR) is 53.5 cm³/mol. The van der Waals surface area contributed by atoms with Crippen molar-refractivity contribution >= 4 is 17.9 Å². The Kier molecular flexibility index (Phi) is 4.20. The molecule has 0 heterocycles. The summed E-state index contributed by atoms with van der Waals surface area (Å²) in [6, 6.07) is 3.35. The first-order chi connectivity index (χ1) is 7.10. The fourth-order valence-corrected chi connectivity index (χ4v) is 1.37. The van der Waals surface area contributed by atoms with Crippen molar-refractivity contribution < 1.29 is 19.4 Å². The van der Waals surface area contributed by atoms with Crippen molar-refractivity contribution in [3.8, 4) is 0 Å². The van der Waals surface area contributed by atoms with Gasteiger partial charge in [0, 0.05) is 5.56 Å². The van der Waals surface area contributed by atoms with Gasteiger partial charge in [-0.15, -0.1) is 11.6 Å². The molecule has 1 aromatic rings. The highest BCUT2D eigenvalue weighted by Crippen LogP contribution is 2.22.